The minimum Gasteiger partial charge on any atom is -0.261 e. The van der Waals surface area contributed by atoms with Gasteiger partial charge in [-0.25, -0.2) is 13.2 Å². The molecule has 0 bridgehead atoms. The van der Waals surface area contributed by atoms with Crippen LogP contribution in [0.25, 0.3) is 0 Å². The molecule has 1 nitrogen and oxygen atoms in total. The molecule has 0 heterocycles. The molecule has 0 fully saturated rings. The van der Waals surface area contributed by atoms with Gasteiger partial charge in [-0.05, 0) is 48.7 Å². The molecule has 1 atom stereocenters. The molecule has 0 saturated heterocycles. The van der Waals surface area contributed by atoms with Crippen LogP contribution in [0.5, 0.6) is 0 Å². The minimum absolute atomic E-state index is 0.290. The van der Waals surface area contributed by atoms with Crippen molar-refractivity contribution in [2.24, 2.45) is 4.99 Å². The van der Waals surface area contributed by atoms with Gasteiger partial charge >= 0.3 is 0 Å². The highest BCUT2D eigenvalue weighted by atomic mass is 35.5. The molecule has 0 aliphatic carbocycles. The molecule has 0 amide bonds. The molecular formula is C22H21ClF3N. The first-order valence-electron chi connectivity index (χ1n) is 8.59. The van der Waals surface area contributed by atoms with E-state index in [2.05, 4.69) is 4.99 Å². The van der Waals surface area contributed by atoms with E-state index in [1.807, 2.05) is 37.3 Å². The average molecular weight is 392 g/mol. The fourth-order valence-corrected chi connectivity index (χ4v) is 2.87. The maximum atomic E-state index is 14.0. The van der Waals surface area contributed by atoms with Crippen molar-refractivity contribution in [2.75, 3.05) is 5.88 Å². The smallest absolute Gasteiger partial charge is 0.261 e. The van der Waals surface area contributed by atoms with Gasteiger partial charge < -0.3 is 0 Å². The first kappa shape index (κ1) is 21.0. The van der Waals surface area contributed by atoms with Crippen LogP contribution in [0.2, 0.25) is 0 Å². The van der Waals surface area contributed by atoms with Gasteiger partial charge in [-0.3, -0.25) is 4.99 Å². The third-order valence-electron chi connectivity index (χ3n) is 3.99. The lowest BCUT2D eigenvalue weighted by Gasteiger charge is -2.19. The molecule has 0 spiro atoms. The molecule has 0 aromatic heterocycles. The quantitative estimate of drug-likeness (QED) is 0.344. The second-order valence-electron chi connectivity index (χ2n) is 5.95. The van der Waals surface area contributed by atoms with Gasteiger partial charge in [0.15, 0.2) is 0 Å². The number of nitrogens with zero attached hydrogens (tertiary/aromatic N) is 1. The first-order valence-corrected chi connectivity index (χ1v) is 9.12. The van der Waals surface area contributed by atoms with E-state index in [4.69, 9.17) is 11.6 Å². The summed E-state index contributed by atoms with van der Waals surface area (Å²) in [6.45, 7) is 1.83. The van der Waals surface area contributed by atoms with Crippen molar-refractivity contribution in [1.29, 1.82) is 0 Å². The Morgan fingerprint density at radius 1 is 1.11 bits per heavy atom. The van der Waals surface area contributed by atoms with Crippen LogP contribution in [-0.4, -0.2) is 11.6 Å². The van der Waals surface area contributed by atoms with E-state index >= 15 is 0 Å². The van der Waals surface area contributed by atoms with E-state index in [0.29, 0.717) is 23.6 Å². The van der Waals surface area contributed by atoms with Crippen molar-refractivity contribution in [3.05, 3.63) is 95.5 Å². The number of benzene rings is 2. The molecule has 2 aromatic carbocycles. The number of hydrogen-bond donors (Lipinski definition) is 0. The number of aliphatic imine (C=N–C) groups is 1. The van der Waals surface area contributed by atoms with Crippen LogP contribution in [0.15, 0.2) is 78.0 Å². The van der Waals surface area contributed by atoms with Crippen LogP contribution in [0, 0.1) is 5.82 Å². The molecule has 5 heteroatoms. The highest BCUT2D eigenvalue weighted by Crippen LogP contribution is 2.29. The van der Waals surface area contributed by atoms with Crippen LogP contribution in [0.4, 0.5) is 13.2 Å². The van der Waals surface area contributed by atoms with Crippen LogP contribution in [-0.2, 0) is 6.42 Å². The minimum atomic E-state index is -2.74. The summed E-state index contributed by atoms with van der Waals surface area (Å²) in [7, 11) is 0. The van der Waals surface area contributed by atoms with Crippen LogP contribution in [0.1, 0.15) is 36.0 Å². The molecule has 0 N–H and O–H groups in total. The van der Waals surface area contributed by atoms with Gasteiger partial charge in [-0.1, -0.05) is 42.5 Å². The van der Waals surface area contributed by atoms with Crippen molar-refractivity contribution in [3.63, 3.8) is 0 Å². The molecule has 142 valence electrons. The SMILES string of the molecule is C/C=C/N=C(/C=C\CCl)C(Cc1ccccc1)c1cc(F)cc(C(F)F)c1. The van der Waals surface area contributed by atoms with Gasteiger partial charge in [0.1, 0.15) is 5.82 Å². The van der Waals surface area contributed by atoms with E-state index in [1.54, 1.807) is 24.4 Å². The number of rotatable bonds is 8. The van der Waals surface area contributed by atoms with Crippen molar-refractivity contribution < 1.29 is 13.2 Å². The van der Waals surface area contributed by atoms with Gasteiger partial charge in [0.25, 0.3) is 6.43 Å². The Morgan fingerprint density at radius 2 is 1.81 bits per heavy atom. The average Bonchev–Trinajstić information content (AvgIpc) is 2.67. The van der Waals surface area contributed by atoms with Crippen molar-refractivity contribution in [1.82, 2.24) is 0 Å². The Balaban J connectivity index is 2.56. The summed E-state index contributed by atoms with van der Waals surface area (Å²) in [6.07, 6.45) is 4.63. The molecular weight excluding hydrogens is 371 g/mol. The number of halogens is 4. The first-order chi connectivity index (χ1) is 13.0. The zero-order valence-corrected chi connectivity index (χ0v) is 15.7. The molecule has 27 heavy (non-hydrogen) atoms. The second-order valence-corrected chi connectivity index (χ2v) is 6.26. The third kappa shape index (κ3) is 6.40. The zero-order valence-electron chi connectivity index (χ0n) is 15.0. The second kappa shape index (κ2) is 10.7. The van der Waals surface area contributed by atoms with Crippen molar-refractivity contribution in [3.8, 4) is 0 Å². The van der Waals surface area contributed by atoms with Gasteiger partial charge in [0, 0.05) is 29.3 Å². The summed E-state index contributed by atoms with van der Waals surface area (Å²) >= 11 is 5.76. The molecule has 2 aromatic rings. The topological polar surface area (TPSA) is 12.4 Å². The molecule has 0 aliphatic heterocycles. The predicted molar refractivity (Wildman–Crippen MR) is 106 cm³/mol. The van der Waals surface area contributed by atoms with Crippen molar-refractivity contribution in [2.45, 2.75) is 25.7 Å². The summed E-state index contributed by atoms with van der Waals surface area (Å²) in [5, 5.41) is 0. The molecule has 1 unspecified atom stereocenters. The van der Waals surface area contributed by atoms with Crippen LogP contribution in [0.3, 0.4) is 0 Å². The monoisotopic (exact) mass is 391 g/mol. The maximum Gasteiger partial charge on any atom is 0.263 e. The number of alkyl halides is 3. The lowest BCUT2D eigenvalue weighted by molar-refractivity contribution is 0.151. The molecule has 0 saturated carbocycles. The normalized spacial score (nSPS) is 13.8. The predicted octanol–water partition coefficient (Wildman–Crippen LogP) is 6.86. The summed E-state index contributed by atoms with van der Waals surface area (Å²) in [5.41, 5.74) is 1.74. The van der Waals surface area contributed by atoms with E-state index in [9.17, 15) is 13.2 Å². The number of allylic oxidation sites excluding steroid dienone is 3. The van der Waals surface area contributed by atoms with E-state index in [1.165, 1.54) is 12.1 Å². The highest BCUT2D eigenvalue weighted by Gasteiger charge is 2.20. The Labute approximate surface area is 162 Å². The maximum absolute atomic E-state index is 14.0. The Kier molecular flexibility index (Phi) is 8.34. The zero-order chi connectivity index (χ0) is 19.6. The van der Waals surface area contributed by atoms with E-state index < -0.39 is 18.2 Å². The Hall–Kier alpha value is -2.33. The Morgan fingerprint density at radius 3 is 2.44 bits per heavy atom. The van der Waals surface area contributed by atoms with Gasteiger partial charge in [0.05, 0.1) is 0 Å². The summed E-state index contributed by atoms with van der Waals surface area (Å²) in [6, 6.07) is 13.1. The summed E-state index contributed by atoms with van der Waals surface area (Å²) < 4.78 is 40.4. The lowest BCUT2D eigenvalue weighted by Crippen LogP contribution is -2.14. The van der Waals surface area contributed by atoms with Crippen LogP contribution >= 0.6 is 11.6 Å². The number of hydrogen-bond acceptors (Lipinski definition) is 1. The van der Waals surface area contributed by atoms with Crippen molar-refractivity contribution >= 4 is 17.3 Å². The largest absolute Gasteiger partial charge is 0.263 e. The van der Waals surface area contributed by atoms with Gasteiger partial charge in [-0.2, -0.15) is 0 Å². The van der Waals surface area contributed by atoms with E-state index in [0.717, 1.165) is 11.6 Å². The fourth-order valence-electron chi connectivity index (χ4n) is 2.78. The fraction of sp³-hybridized carbons (Fsp3) is 0.227. The lowest BCUT2D eigenvalue weighted by atomic mass is 9.86. The van der Waals surface area contributed by atoms with E-state index in [-0.39, 0.29) is 5.56 Å². The Bertz CT molecular complexity index is 814. The standard InChI is InChI=1S/C22H21ClF3N/c1-2-11-27-21(9-6-10-23)20(12-16-7-4-3-5-8-16)17-13-18(22(25)26)15-19(24)14-17/h2-9,11,13-15,20,22H,10,12H2,1H3/b9-6-,11-2+,27-21-. The summed E-state index contributed by atoms with van der Waals surface area (Å²) in [4.78, 5) is 4.44. The van der Waals surface area contributed by atoms with Gasteiger partial charge in [-0.15, -0.1) is 11.6 Å². The molecule has 0 aliphatic rings. The molecule has 2 rings (SSSR count). The van der Waals surface area contributed by atoms with Crippen LogP contribution < -0.4 is 0 Å². The third-order valence-corrected chi connectivity index (χ3v) is 4.17. The van der Waals surface area contributed by atoms with Gasteiger partial charge in [0.2, 0.25) is 0 Å². The molecule has 0 radical (unpaired) electrons. The highest BCUT2D eigenvalue weighted by molar-refractivity contribution is 6.19. The summed E-state index contributed by atoms with van der Waals surface area (Å²) in [5.74, 6) is -0.790.